The minimum atomic E-state index is -1.30. The second kappa shape index (κ2) is 5.15. The van der Waals surface area contributed by atoms with Crippen LogP contribution in [0, 0.1) is 23.7 Å². The van der Waals surface area contributed by atoms with E-state index in [1.807, 2.05) is 0 Å². The van der Waals surface area contributed by atoms with Gasteiger partial charge in [-0.25, -0.2) is 9.78 Å². The number of carbonyl (C=O) groups is 1. The molecule has 19 heavy (non-hydrogen) atoms. The van der Waals surface area contributed by atoms with Crippen LogP contribution in [-0.4, -0.2) is 22.8 Å². The van der Waals surface area contributed by atoms with Crippen molar-refractivity contribution in [2.45, 2.75) is 64.8 Å². The number of fused-ring (bicyclic) bond motifs is 1. The van der Waals surface area contributed by atoms with Gasteiger partial charge in [0.15, 0.2) is 17.7 Å². The molecule has 1 saturated heterocycles. The largest absolute Gasteiger partial charge is 0.363 e. The van der Waals surface area contributed by atoms with Crippen LogP contribution in [0.5, 0.6) is 0 Å². The summed E-state index contributed by atoms with van der Waals surface area (Å²) in [5.74, 6) is -0.251. The standard InChI is InChI=1S/C15H26O4/c1-10(2)12-6-5-11(3)13-7-8-14(4,17)18-19-15(12,13)9-16/h9-13,17H,5-8H2,1-4H3/t11-,12+,13+,14?,15?/m1/s1. The summed E-state index contributed by atoms with van der Waals surface area (Å²) in [6, 6.07) is 0. The maximum atomic E-state index is 11.9. The molecule has 0 aromatic carbocycles. The van der Waals surface area contributed by atoms with Crippen LogP contribution in [-0.2, 0) is 14.6 Å². The molecule has 0 aromatic heterocycles. The molecule has 1 aliphatic heterocycles. The van der Waals surface area contributed by atoms with Gasteiger partial charge in [0.05, 0.1) is 0 Å². The number of aldehydes is 1. The molecule has 0 radical (unpaired) electrons. The average Bonchev–Trinajstić information content (AvgIpc) is 2.48. The van der Waals surface area contributed by atoms with E-state index in [0.717, 1.165) is 25.5 Å². The van der Waals surface area contributed by atoms with Crippen molar-refractivity contribution in [3.8, 4) is 0 Å². The first-order chi connectivity index (χ1) is 8.82. The van der Waals surface area contributed by atoms with Gasteiger partial charge in [0, 0.05) is 18.3 Å². The third kappa shape index (κ3) is 2.58. The summed E-state index contributed by atoms with van der Waals surface area (Å²) in [7, 11) is 0. The van der Waals surface area contributed by atoms with Gasteiger partial charge in [-0.1, -0.05) is 20.8 Å². The summed E-state index contributed by atoms with van der Waals surface area (Å²) < 4.78 is 0. The van der Waals surface area contributed by atoms with Crippen LogP contribution in [0.4, 0.5) is 0 Å². The van der Waals surface area contributed by atoms with Crippen LogP contribution in [0.1, 0.15) is 53.4 Å². The highest BCUT2D eigenvalue weighted by molar-refractivity contribution is 5.64. The van der Waals surface area contributed by atoms with Crippen LogP contribution < -0.4 is 0 Å². The molecule has 2 unspecified atom stereocenters. The average molecular weight is 270 g/mol. The van der Waals surface area contributed by atoms with E-state index in [1.165, 1.54) is 0 Å². The normalized spacial score (nSPS) is 47.6. The predicted molar refractivity (Wildman–Crippen MR) is 71.0 cm³/mol. The Labute approximate surface area is 115 Å². The molecular weight excluding hydrogens is 244 g/mol. The lowest BCUT2D eigenvalue weighted by Crippen LogP contribution is -2.55. The van der Waals surface area contributed by atoms with Crippen molar-refractivity contribution in [3.05, 3.63) is 0 Å². The Hall–Kier alpha value is -0.450. The van der Waals surface area contributed by atoms with Crippen molar-refractivity contribution < 1.29 is 19.7 Å². The molecule has 4 nitrogen and oxygen atoms in total. The van der Waals surface area contributed by atoms with Crippen LogP contribution in [0.3, 0.4) is 0 Å². The van der Waals surface area contributed by atoms with Crippen LogP contribution in [0.25, 0.3) is 0 Å². The molecule has 0 bridgehead atoms. The van der Waals surface area contributed by atoms with Crippen LogP contribution in [0.15, 0.2) is 0 Å². The van der Waals surface area contributed by atoms with Gasteiger partial charge in [-0.2, -0.15) is 0 Å². The molecule has 2 rings (SSSR count). The third-order valence-corrected chi connectivity index (χ3v) is 5.05. The van der Waals surface area contributed by atoms with Gasteiger partial charge in [-0.15, -0.1) is 0 Å². The smallest absolute Gasteiger partial charge is 0.196 e. The summed E-state index contributed by atoms with van der Waals surface area (Å²) in [4.78, 5) is 22.6. The zero-order chi connectivity index (χ0) is 14.3. The molecule has 5 atom stereocenters. The van der Waals surface area contributed by atoms with Gasteiger partial charge >= 0.3 is 0 Å². The van der Waals surface area contributed by atoms with Crippen molar-refractivity contribution in [2.24, 2.45) is 23.7 Å². The number of carbonyl (C=O) groups excluding carboxylic acids is 1. The second-order valence-electron chi connectivity index (χ2n) is 6.86. The van der Waals surface area contributed by atoms with Crippen LogP contribution >= 0.6 is 0 Å². The zero-order valence-electron chi connectivity index (χ0n) is 12.4. The molecule has 4 heteroatoms. The Kier molecular flexibility index (Phi) is 4.05. The number of aliphatic hydroxyl groups is 1. The summed E-state index contributed by atoms with van der Waals surface area (Å²) >= 11 is 0. The first-order valence-electron chi connectivity index (χ1n) is 7.38. The summed E-state index contributed by atoms with van der Waals surface area (Å²) in [5.41, 5.74) is -0.897. The lowest BCUT2D eigenvalue weighted by molar-refractivity contribution is -0.452. The summed E-state index contributed by atoms with van der Waals surface area (Å²) in [5, 5.41) is 10.1. The fourth-order valence-electron chi connectivity index (χ4n) is 3.90. The van der Waals surface area contributed by atoms with Crippen molar-refractivity contribution in [1.82, 2.24) is 0 Å². The summed E-state index contributed by atoms with van der Waals surface area (Å²) in [6.45, 7) is 8.01. The zero-order valence-corrected chi connectivity index (χ0v) is 12.4. The lowest BCUT2D eigenvalue weighted by Gasteiger charge is -2.48. The van der Waals surface area contributed by atoms with E-state index < -0.39 is 11.4 Å². The minimum absolute atomic E-state index is 0.125. The lowest BCUT2D eigenvalue weighted by atomic mass is 9.60. The van der Waals surface area contributed by atoms with Crippen molar-refractivity contribution in [1.29, 1.82) is 0 Å². The Morgan fingerprint density at radius 1 is 1.26 bits per heavy atom. The quantitative estimate of drug-likeness (QED) is 0.619. The second-order valence-corrected chi connectivity index (χ2v) is 6.86. The molecule has 1 N–H and O–H groups in total. The monoisotopic (exact) mass is 270 g/mol. The molecule has 110 valence electrons. The van der Waals surface area contributed by atoms with E-state index in [0.29, 0.717) is 18.3 Å². The van der Waals surface area contributed by atoms with E-state index >= 15 is 0 Å². The summed E-state index contributed by atoms with van der Waals surface area (Å²) in [6.07, 6.45) is 4.27. The fraction of sp³-hybridized carbons (Fsp3) is 0.933. The highest BCUT2D eigenvalue weighted by Crippen LogP contribution is 2.50. The molecule has 1 aliphatic carbocycles. The molecule has 1 heterocycles. The van der Waals surface area contributed by atoms with Gasteiger partial charge in [-0.05, 0) is 38.0 Å². The van der Waals surface area contributed by atoms with Crippen molar-refractivity contribution in [3.63, 3.8) is 0 Å². The van der Waals surface area contributed by atoms with E-state index in [4.69, 9.17) is 9.78 Å². The highest BCUT2D eigenvalue weighted by atomic mass is 17.2. The van der Waals surface area contributed by atoms with Gasteiger partial charge < -0.3 is 5.11 Å². The maximum absolute atomic E-state index is 11.9. The Balaban J connectivity index is 2.37. The Bertz CT molecular complexity index is 339. The molecule has 2 fully saturated rings. The van der Waals surface area contributed by atoms with E-state index in [2.05, 4.69) is 20.8 Å². The first kappa shape index (κ1) is 14.9. The van der Waals surface area contributed by atoms with Crippen LogP contribution in [0.2, 0.25) is 0 Å². The predicted octanol–water partition coefficient (Wildman–Crippen LogP) is 2.69. The van der Waals surface area contributed by atoms with E-state index in [9.17, 15) is 9.90 Å². The molecule has 1 saturated carbocycles. The Morgan fingerprint density at radius 2 is 1.95 bits per heavy atom. The van der Waals surface area contributed by atoms with Gasteiger partial charge in [-0.3, -0.25) is 4.79 Å². The molecule has 0 amide bonds. The number of hydrogen-bond donors (Lipinski definition) is 1. The first-order valence-corrected chi connectivity index (χ1v) is 7.38. The van der Waals surface area contributed by atoms with E-state index in [-0.39, 0.29) is 11.8 Å². The van der Waals surface area contributed by atoms with Gasteiger partial charge in [0.2, 0.25) is 0 Å². The van der Waals surface area contributed by atoms with Crippen molar-refractivity contribution >= 4 is 6.29 Å². The fourth-order valence-corrected chi connectivity index (χ4v) is 3.90. The Morgan fingerprint density at radius 3 is 2.53 bits per heavy atom. The topological polar surface area (TPSA) is 55.8 Å². The number of hydrogen-bond acceptors (Lipinski definition) is 4. The third-order valence-electron chi connectivity index (χ3n) is 5.05. The molecule has 0 aromatic rings. The van der Waals surface area contributed by atoms with Gasteiger partial charge in [0.25, 0.3) is 0 Å². The van der Waals surface area contributed by atoms with Gasteiger partial charge in [0.1, 0.15) is 0 Å². The van der Waals surface area contributed by atoms with Crippen molar-refractivity contribution in [2.75, 3.05) is 0 Å². The number of rotatable bonds is 2. The molecule has 2 aliphatic rings. The molecular formula is C15H26O4. The maximum Gasteiger partial charge on any atom is 0.196 e. The minimum Gasteiger partial charge on any atom is -0.363 e. The SMILES string of the molecule is CC(C)[C@@H]1CC[C@@H](C)[C@@H]2CCC(C)(O)OOC12C=O. The highest BCUT2D eigenvalue weighted by Gasteiger charge is 2.56. The van der Waals surface area contributed by atoms with E-state index in [1.54, 1.807) is 6.92 Å². The molecule has 0 spiro atoms.